The summed E-state index contributed by atoms with van der Waals surface area (Å²) in [4.78, 5) is 14.9. The molecule has 6 nitrogen and oxygen atoms in total. The third-order valence-corrected chi connectivity index (χ3v) is 4.36. The van der Waals surface area contributed by atoms with Crippen molar-refractivity contribution in [3.63, 3.8) is 0 Å². The predicted octanol–water partition coefficient (Wildman–Crippen LogP) is 0.457. The van der Waals surface area contributed by atoms with E-state index in [4.69, 9.17) is 4.74 Å². The highest BCUT2D eigenvalue weighted by atomic mass is 19.1. The van der Waals surface area contributed by atoms with E-state index in [-0.39, 0.29) is 0 Å². The number of ether oxygens (including phenoxy) is 1. The molecule has 2 saturated heterocycles. The number of aromatic nitrogens is 2. The summed E-state index contributed by atoms with van der Waals surface area (Å²) >= 11 is 0. The molecule has 2 aliphatic heterocycles. The predicted molar refractivity (Wildman–Crippen MR) is 82.5 cm³/mol. The molecule has 0 bridgehead atoms. The Morgan fingerprint density at radius 1 is 1.27 bits per heavy atom. The summed E-state index contributed by atoms with van der Waals surface area (Å²) in [5.41, 5.74) is 0. The van der Waals surface area contributed by atoms with Crippen LogP contribution in [0.2, 0.25) is 0 Å². The van der Waals surface area contributed by atoms with Crippen LogP contribution in [-0.4, -0.2) is 85.3 Å². The van der Waals surface area contributed by atoms with Gasteiger partial charge in [-0.05, 0) is 20.5 Å². The monoisotopic (exact) mass is 309 g/mol. The Morgan fingerprint density at radius 3 is 2.77 bits per heavy atom. The van der Waals surface area contributed by atoms with Crippen molar-refractivity contribution in [3.8, 4) is 0 Å². The van der Waals surface area contributed by atoms with Crippen molar-refractivity contribution in [2.45, 2.75) is 18.6 Å². The van der Waals surface area contributed by atoms with Crippen molar-refractivity contribution < 1.29 is 9.13 Å². The number of piperazine rings is 1. The molecule has 2 fully saturated rings. The number of hydrogen-bond donors (Lipinski definition) is 0. The van der Waals surface area contributed by atoms with Gasteiger partial charge in [-0.3, -0.25) is 4.90 Å². The molecule has 0 aliphatic carbocycles. The molecule has 0 radical (unpaired) electrons. The van der Waals surface area contributed by atoms with E-state index in [1.165, 1.54) is 12.4 Å². The smallest absolute Gasteiger partial charge is 0.225 e. The molecular weight excluding hydrogens is 285 g/mol. The highest BCUT2D eigenvalue weighted by Crippen LogP contribution is 2.25. The van der Waals surface area contributed by atoms with Crippen molar-refractivity contribution in [1.82, 2.24) is 19.8 Å². The maximum atomic E-state index is 12.9. The van der Waals surface area contributed by atoms with Gasteiger partial charge in [0.05, 0.1) is 25.1 Å². The van der Waals surface area contributed by atoms with Crippen molar-refractivity contribution in [2.75, 3.05) is 58.3 Å². The number of fused-ring (bicyclic) bond motifs is 1. The lowest BCUT2D eigenvalue weighted by molar-refractivity contribution is 0.0501. The number of hydrogen-bond acceptors (Lipinski definition) is 6. The van der Waals surface area contributed by atoms with Crippen LogP contribution in [0.25, 0.3) is 0 Å². The van der Waals surface area contributed by atoms with Gasteiger partial charge in [0.15, 0.2) is 5.82 Å². The van der Waals surface area contributed by atoms with Crippen LogP contribution < -0.4 is 4.90 Å². The van der Waals surface area contributed by atoms with Gasteiger partial charge in [-0.25, -0.2) is 14.4 Å². The lowest BCUT2D eigenvalue weighted by atomic mass is 10.1. The molecule has 3 rings (SSSR count). The van der Waals surface area contributed by atoms with E-state index < -0.39 is 5.82 Å². The summed E-state index contributed by atoms with van der Waals surface area (Å²) in [6, 6.07) is 0.478. The van der Waals surface area contributed by atoms with Gasteiger partial charge in [-0.2, -0.15) is 0 Å². The topological polar surface area (TPSA) is 44.7 Å². The molecule has 0 saturated carbocycles. The number of anilines is 1. The van der Waals surface area contributed by atoms with Gasteiger partial charge >= 0.3 is 0 Å². The summed E-state index contributed by atoms with van der Waals surface area (Å²) < 4.78 is 18.9. The number of halogens is 1. The first-order chi connectivity index (χ1) is 10.6. The summed E-state index contributed by atoms with van der Waals surface area (Å²) in [7, 11) is 4.11. The highest BCUT2D eigenvalue weighted by molar-refractivity contribution is 5.30. The van der Waals surface area contributed by atoms with Crippen molar-refractivity contribution in [2.24, 2.45) is 0 Å². The van der Waals surface area contributed by atoms with Crippen LogP contribution in [0, 0.1) is 5.82 Å². The summed E-state index contributed by atoms with van der Waals surface area (Å²) in [5.74, 6) is 0.232. The largest absolute Gasteiger partial charge is 0.375 e. The minimum absolute atomic E-state index is 0.319. The SMILES string of the molecule is CN(C)CCO[C@H]1C[C@@H]2CN(c3ncc(F)cn3)CCN2C1. The van der Waals surface area contributed by atoms with Crippen LogP contribution in [0.5, 0.6) is 0 Å². The standard InChI is InChI=1S/C15H24FN5O/c1-19(2)5-6-22-14-7-13-10-21(4-3-20(13)11-14)15-17-8-12(16)9-18-15/h8-9,13-14H,3-7,10-11H2,1-2H3/t13-,14+/m1/s1. The molecular formula is C15H24FN5O. The molecule has 2 aliphatic rings. The molecule has 122 valence electrons. The molecule has 0 spiro atoms. The van der Waals surface area contributed by atoms with Crippen molar-refractivity contribution in [3.05, 3.63) is 18.2 Å². The fourth-order valence-electron chi connectivity index (χ4n) is 3.17. The Balaban J connectivity index is 1.52. The molecule has 0 N–H and O–H groups in total. The average Bonchev–Trinajstić information content (AvgIpc) is 2.89. The Labute approximate surface area is 130 Å². The first kappa shape index (κ1) is 15.6. The van der Waals surface area contributed by atoms with Crippen LogP contribution in [0.15, 0.2) is 12.4 Å². The molecule has 3 heterocycles. The second-order valence-corrected chi connectivity index (χ2v) is 6.33. The molecule has 0 amide bonds. The van der Waals surface area contributed by atoms with Crippen LogP contribution in [0.3, 0.4) is 0 Å². The van der Waals surface area contributed by atoms with E-state index in [9.17, 15) is 4.39 Å². The third-order valence-electron chi connectivity index (χ3n) is 4.36. The van der Waals surface area contributed by atoms with Gasteiger partial charge in [-0.1, -0.05) is 0 Å². The molecule has 7 heteroatoms. The van der Waals surface area contributed by atoms with Gasteiger partial charge in [-0.15, -0.1) is 0 Å². The van der Waals surface area contributed by atoms with Gasteiger partial charge in [0.25, 0.3) is 0 Å². The van der Waals surface area contributed by atoms with Gasteiger partial charge in [0.1, 0.15) is 0 Å². The molecule has 2 atom stereocenters. The normalized spacial score (nSPS) is 25.7. The van der Waals surface area contributed by atoms with E-state index in [1.807, 2.05) is 0 Å². The van der Waals surface area contributed by atoms with Gasteiger partial charge < -0.3 is 14.5 Å². The zero-order valence-electron chi connectivity index (χ0n) is 13.3. The summed E-state index contributed by atoms with van der Waals surface area (Å²) in [6.45, 7) is 5.50. The molecule has 1 aromatic heterocycles. The first-order valence-corrected chi connectivity index (χ1v) is 7.84. The van der Waals surface area contributed by atoms with E-state index in [1.54, 1.807) is 0 Å². The fraction of sp³-hybridized carbons (Fsp3) is 0.733. The summed E-state index contributed by atoms with van der Waals surface area (Å²) in [5, 5.41) is 0. The Kier molecular flexibility index (Phi) is 4.85. The number of likely N-dealkylation sites (N-methyl/N-ethyl adjacent to an activating group) is 1. The van der Waals surface area contributed by atoms with Gasteiger partial charge in [0.2, 0.25) is 5.95 Å². The molecule has 22 heavy (non-hydrogen) atoms. The molecule has 1 aromatic rings. The van der Waals surface area contributed by atoms with E-state index in [0.717, 1.165) is 45.8 Å². The fourth-order valence-corrected chi connectivity index (χ4v) is 3.17. The van der Waals surface area contributed by atoms with Crippen LogP contribution in [-0.2, 0) is 4.74 Å². The maximum absolute atomic E-state index is 12.9. The van der Waals surface area contributed by atoms with Crippen molar-refractivity contribution >= 4 is 5.95 Å². The first-order valence-electron chi connectivity index (χ1n) is 7.84. The quantitative estimate of drug-likeness (QED) is 0.787. The second-order valence-electron chi connectivity index (χ2n) is 6.33. The van der Waals surface area contributed by atoms with Crippen LogP contribution in [0.1, 0.15) is 6.42 Å². The average molecular weight is 309 g/mol. The van der Waals surface area contributed by atoms with Crippen molar-refractivity contribution in [1.29, 1.82) is 0 Å². The third kappa shape index (κ3) is 3.71. The Bertz CT molecular complexity index is 483. The van der Waals surface area contributed by atoms with E-state index in [2.05, 4.69) is 38.8 Å². The van der Waals surface area contributed by atoms with E-state index >= 15 is 0 Å². The van der Waals surface area contributed by atoms with Gasteiger partial charge in [0, 0.05) is 38.8 Å². The lowest BCUT2D eigenvalue weighted by Crippen LogP contribution is -2.50. The zero-order valence-corrected chi connectivity index (χ0v) is 13.3. The zero-order chi connectivity index (χ0) is 15.5. The molecule has 0 aromatic carbocycles. The highest BCUT2D eigenvalue weighted by Gasteiger charge is 2.37. The van der Waals surface area contributed by atoms with Crippen LogP contribution >= 0.6 is 0 Å². The number of nitrogens with zero attached hydrogens (tertiary/aromatic N) is 5. The Morgan fingerprint density at radius 2 is 2.05 bits per heavy atom. The number of rotatable bonds is 5. The maximum Gasteiger partial charge on any atom is 0.225 e. The van der Waals surface area contributed by atoms with Crippen LogP contribution in [0.4, 0.5) is 10.3 Å². The Hall–Kier alpha value is -1.31. The van der Waals surface area contributed by atoms with E-state index in [0.29, 0.717) is 18.1 Å². The lowest BCUT2D eigenvalue weighted by Gasteiger charge is -2.37. The minimum atomic E-state index is -0.391. The summed E-state index contributed by atoms with van der Waals surface area (Å²) in [6.07, 6.45) is 3.83. The second kappa shape index (κ2) is 6.85. The molecule has 0 unspecified atom stereocenters. The minimum Gasteiger partial charge on any atom is -0.375 e.